The fraction of sp³-hybridized carbons (Fsp3) is 0.364. The summed E-state index contributed by atoms with van der Waals surface area (Å²) < 4.78 is 5.27. The van der Waals surface area contributed by atoms with Gasteiger partial charge in [-0.2, -0.15) is 0 Å². The van der Waals surface area contributed by atoms with Crippen molar-refractivity contribution in [3.05, 3.63) is 64.7 Å². The average Bonchev–Trinajstić information content (AvgIpc) is 2.89. The predicted octanol–water partition coefficient (Wildman–Crippen LogP) is 3.94. The molecule has 1 heterocycles. The summed E-state index contributed by atoms with van der Waals surface area (Å²) >= 11 is 5.91. The molecule has 1 aliphatic rings. The number of nitrogens with zero attached hydrogens (tertiary/aromatic N) is 1. The van der Waals surface area contributed by atoms with E-state index in [9.17, 15) is 9.59 Å². The van der Waals surface area contributed by atoms with Crippen LogP contribution >= 0.6 is 11.6 Å². The van der Waals surface area contributed by atoms with E-state index in [-0.39, 0.29) is 11.8 Å². The molecular formula is C22H25ClN2O3. The summed E-state index contributed by atoms with van der Waals surface area (Å²) in [5.74, 6) is 0.642. The number of hydrogen-bond donors (Lipinski definition) is 1. The maximum atomic E-state index is 12.9. The second-order valence-electron chi connectivity index (χ2n) is 6.98. The quantitative estimate of drug-likeness (QED) is 0.799. The van der Waals surface area contributed by atoms with Crippen LogP contribution in [0.4, 0.5) is 0 Å². The Hall–Kier alpha value is -2.53. The summed E-state index contributed by atoms with van der Waals surface area (Å²) in [6.07, 6.45) is 2.82. The topological polar surface area (TPSA) is 58.6 Å². The van der Waals surface area contributed by atoms with Crippen molar-refractivity contribution in [2.45, 2.75) is 44.8 Å². The zero-order chi connectivity index (χ0) is 19.9. The number of ether oxygens (including phenoxy) is 1. The third-order valence-corrected chi connectivity index (χ3v) is 5.24. The largest absolute Gasteiger partial charge is 0.497 e. The second kappa shape index (κ2) is 9.60. The first-order chi connectivity index (χ1) is 13.6. The highest BCUT2D eigenvalue weighted by Crippen LogP contribution is 2.22. The molecule has 148 valence electrons. The number of nitrogens with one attached hydrogen (secondary N) is 1. The molecule has 0 radical (unpaired) electrons. The minimum absolute atomic E-state index is 0.0203. The number of halogens is 1. The normalized spacial score (nSPS) is 17.1. The molecule has 0 aromatic heterocycles. The predicted molar refractivity (Wildman–Crippen MR) is 109 cm³/mol. The molecule has 1 saturated heterocycles. The molecule has 1 N–H and O–H groups in total. The zero-order valence-electron chi connectivity index (χ0n) is 16.0. The zero-order valence-corrected chi connectivity index (χ0v) is 16.7. The number of amides is 2. The number of hydrogen-bond acceptors (Lipinski definition) is 3. The van der Waals surface area contributed by atoms with Crippen LogP contribution in [0, 0.1) is 0 Å². The van der Waals surface area contributed by atoms with Gasteiger partial charge in [-0.25, -0.2) is 0 Å². The number of carbonyl (C=O) groups excluding carboxylic acids is 2. The highest BCUT2D eigenvalue weighted by molar-refractivity contribution is 6.30. The van der Waals surface area contributed by atoms with Gasteiger partial charge < -0.3 is 15.0 Å². The molecule has 2 amide bonds. The van der Waals surface area contributed by atoms with E-state index in [0.29, 0.717) is 31.0 Å². The molecule has 1 aliphatic heterocycles. The van der Waals surface area contributed by atoms with Gasteiger partial charge in [-0.3, -0.25) is 9.59 Å². The number of benzene rings is 2. The molecule has 1 atom stereocenters. The molecule has 0 aliphatic carbocycles. The minimum atomic E-state index is -0.464. The van der Waals surface area contributed by atoms with Crippen molar-refractivity contribution < 1.29 is 14.3 Å². The molecule has 6 heteroatoms. The molecule has 0 saturated carbocycles. The summed E-state index contributed by atoms with van der Waals surface area (Å²) in [7, 11) is 1.61. The molecule has 0 spiro atoms. The van der Waals surface area contributed by atoms with E-state index >= 15 is 0 Å². The van der Waals surface area contributed by atoms with Crippen LogP contribution in [0.15, 0.2) is 48.5 Å². The number of carbonyl (C=O) groups is 2. The highest BCUT2D eigenvalue weighted by atomic mass is 35.5. The molecular weight excluding hydrogens is 376 g/mol. The molecule has 1 unspecified atom stereocenters. The van der Waals surface area contributed by atoms with Gasteiger partial charge in [-0.1, -0.05) is 42.3 Å². The van der Waals surface area contributed by atoms with Crippen molar-refractivity contribution in [1.29, 1.82) is 0 Å². The van der Waals surface area contributed by atoms with E-state index in [2.05, 4.69) is 5.32 Å². The van der Waals surface area contributed by atoms with Crippen LogP contribution in [0.25, 0.3) is 0 Å². The van der Waals surface area contributed by atoms with Crippen LogP contribution in [0.2, 0.25) is 5.02 Å². The molecule has 2 aromatic carbocycles. The first kappa shape index (κ1) is 20.2. The van der Waals surface area contributed by atoms with Gasteiger partial charge in [-0.15, -0.1) is 0 Å². The second-order valence-corrected chi connectivity index (χ2v) is 7.42. The van der Waals surface area contributed by atoms with E-state index < -0.39 is 6.04 Å². The van der Waals surface area contributed by atoms with Crippen molar-refractivity contribution in [2.75, 3.05) is 7.11 Å². The summed E-state index contributed by atoms with van der Waals surface area (Å²) in [6.45, 7) is 0.808. The highest BCUT2D eigenvalue weighted by Gasteiger charge is 2.31. The van der Waals surface area contributed by atoms with E-state index in [1.807, 2.05) is 36.4 Å². The Kier molecular flexibility index (Phi) is 6.93. The van der Waals surface area contributed by atoms with Gasteiger partial charge in [0.25, 0.3) is 0 Å². The first-order valence-corrected chi connectivity index (χ1v) is 9.89. The average molecular weight is 401 g/mol. The Morgan fingerprint density at radius 3 is 2.71 bits per heavy atom. The maximum absolute atomic E-state index is 12.9. The fourth-order valence-electron chi connectivity index (χ4n) is 3.43. The summed E-state index contributed by atoms with van der Waals surface area (Å²) in [5, 5.41) is 3.64. The van der Waals surface area contributed by atoms with Crippen LogP contribution in [0.3, 0.4) is 0 Å². The van der Waals surface area contributed by atoms with Gasteiger partial charge in [0.15, 0.2) is 0 Å². The molecule has 2 aromatic rings. The monoisotopic (exact) mass is 400 g/mol. The van der Waals surface area contributed by atoms with Gasteiger partial charge in [0.1, 0.15) is 11.8 Å². The van der Waals surface area contributed by atoms with Crippen LogP contribution in [0.5, 0.6) is 5.75 Å². The number of likely N-dealkylation sites (tertiary alicyclic amines) is 1. The van der Waals surface area contributed by atoms with Crippen molar-refractivity contribution >= 4 is 23.4 Å². The molecule has 5 nitrogen and oxygen atoms in total. The lowest BCUT2D eigenvalue weighted by Gasteiger charge is -2.29. The summed E-state index contributed by atoms with van der Waals surface area (Å²) in [4.78, 5) is 27.3. The Morgan fingerprint density at radius 1 is 1.18 bits per heavy atom. The fourth-order valence-corrected chi connectivity index (χ4v) is 3.56. The van der Waals surface area contributed by atoms with E-state index in [0.717, 1.165) is 29.7 Å². The third-order valence-electron chi connectivity index (χ3n) is 4.98. The van der Waals surface area contributed by atoms with Gasteiger partial charge >= 0.3 is 0 Å². The van der Waals surface area contributed by atoms with Crippen LogP contribution in [0.1, 0.15) is 36.8 Å². The molecule has 3 rings (SSSR count). The van der Waals surface area contributed by atoms with E-state index in [4.69, 9.17) is 16.3 Å². The lowest BCUT2D eigenvalue weighted by atomic mass is 10.1. The number of methoxy groups -OCH3 is 1. The van der Waals surface area contributed by atoms with Crippen molar-refractivity contribution in [2.24, 2.45) is 0 Å². The summed E-state index contributed by atoms with van der Waals surface area (Å²) in [5.41, 5.74) is 1.92. The van der Waals surface area contributed by atoms with Crippen molar-refractivity contribution in [1.82, 2.24) is 10.2 Å². The third kappa shape index (κ3) is 5.26. The Morgan fingerprint density at radius 2 is 1.96 bits per heavy atom. The first-order valence-electron chi connectivity index (χ1n) is 9.51. The van der Waals surface area contributed by atoms with E-state index in [1.54, 1.807) is 24.1 Å². The SMILES string of the molecule is COc1cccc(CN2C(=O)CCCCC2C(=O)NCc2ccc(Cl)cc2)c1. The lowest BCUT2D eigenvalue weighted by molar-refractivity contribution is -0.140. The van der Waals surface area contributed by atoms with Gasteiger partial charge in [0.05, 0.1) is 7.11 Å². The van der Waals surface area contributed by atoms with Crippen LogP contribution in [-0.4, -0.2) is 29.9 Å². The van der Waals surface area contributed by atoms with E-state index in [1.165, 1.54) is 0 Å². The molecule has 28 heavy (non-hydrogen) atoms. The standard InChI is InChI=1S/C22H25ClN2O3/c1-28-19-6-4-5-17(13-19)15-25-20(7-2-3-8-21(25)26)22(27)24-14-16-9-11-18(23)12-10-16/h4-6,9-13,20H,2-3,7-8,14-15H2,1H3,(H,24,27). The van der Waals surface area contributed by atoms with Gasteiger partial charge in [0.2, 0.25) is 11.8 Å². The van der Waals surface area contributed by atoms with Crippen LogP contribution in [-0.2, 0) is 22.7 Å². The smallest absolute Gasteiger partial charge is 0.243 e. The maximum Gasteiger partial charge on any atom is 0.243 e. The van der Waals surface area contributed by atoms with Crippen molar-refractivity contribution in [3.8, 4) is 5.75 Å². The van der Waals surface area contributed by atoms with Gasteiger partial charge in [0, 0.05) is 24.5 Å². The van der Waals surface area contributed by atoms with Crippen LogP contribution < -0.4 is 10.1 Å². The molecule has 1 fully saturated rings. The molecule has 0 bridgehead atoms. The Labute approximate surface area is 170 Å². The lowest BCUT2D eigenvalue weighted by Crippen LogP contribution is -2.48. The van der Waals surface area contributed by atoms with Gasteiger partial charge in [-0.05, 0) is 48.2 Å². The Bertz CT molecular complexity index is 823. The Balaban J connectivity index is 1.72. The minimum Gasteiger partial charge on any atom is -0.497 e. The number of rotatable bonds is 6. The summed E-state index contributed by atoms with van der Waals surface area (Å²) in [6, 6.07) is 14.5. The van der Waals surface area contributed by atoms with Crippen molar-refractivity contribution in [3.63, 3.8) is 0 Å².